The first-order chi connectivity index (χ1) is 12.3. The Balaban J connectivity index is 1.93. The second kappa shape index (κ2) is 6.94. The van der Waals surface area contributed by atoms with Gasteiger partial charge in [-0.2, -0.15) is 0 Å². The Morgan fingerprint density at radius 2 is 1.92 bits per heavy atom. The van der Waals surface area contributed by atoms with Gasteiger partial charge < -0.3 is 0 Å². The van der Waals surface area contributed by atoms with E-state index in [1.54, 1.807) is 6.33 Å². The van der Waals surface area contributed by atoms with Gasteiger partial charge in [0, 0.05) is 0 Å². The number of rotatable bonds is 2. The van der Waals surface area contributed by atoms with E-state index in [-0.39, 0.29) is 0 Å². The molecule has 0 aliphatic heterocycles. The maximum atomic E-state index is 9.18. The molecule has 4 rings (SSSR count). The van der Waals surface area contributed by atoms with E-state index < -0.39 is 0 Å². The number of aromatic nitrogens is 3. The van der Waals surface area contributed by atoms with Gasteiger partial charge in [-0.3, -0.25) is 0 Å². The zero-order valence-electron chi connectivity index (χ0n) is 13.8. The van der Waals surface area contributed by atoms with E-state index >= 15 is 0 Å². The first-order valence-electron chi connectivity index (χ1n) is 8.61. The first-order valence-corrected chi connectivity index (χ1v) is 9.55. The van der Waals surface area contributed by atoms with Crippen molar-refractivity contribution in [1.29, 1.82) is 5.26 Å². The third kappa shape index (κ3) is 3.17. The summed E-state index contributed by atoms with van der Waals surface area (Å²) >= 11 is 2.55. The van der Waals surface area contributed by atoms with Crippen LogP contribution in [0.4, 0.5) is 0 Å². The van der Waals surface area contributed by atoms with E-state index in [9.17, 15) is 5.26 Å². The molecule has 1 aromatic carbocycles. The molecular formula is C20H17AsN4. The monoisotopic (exact) mass is 388 g/mol. The summed E-state index contributed by atoms with van der Waals surface area (Å²) in [6, 6.07) is 12.0. The van der Waals surface area contributed by atoms with Gasteiger partial charge in [0.05, 0.1) is 0 Å². The molecule has 0 spiro atoms. The normalized spacial score (nSPS) is 15.2. The Labute approximate surface area is 155 Å². The molecule has 0 atom stereocenters. The average Bonchev–Trinajstić information content (AvgIpc) is 2.68. The molecule has 3 aromatic rings. The predicted molar refractivity (Wildman–Crippen MR) is 98.7 cm³/mol. The summed E-state index contributed by atoms with van der Waals surface area (Å²) in [6.45, 7) is 0. The Hall–Kier alpha value is -2.24. The van der Waals surface area contributed by atoms with Crippen molar-refractivity contribution in [3.8, 4) is 17.3 Å². The number of nitrogens with zero attached hydrogens (tertiary/aromatic N) is 4. The van der Waals surface area contributed by atoms with Gasteiger partial charge in [-0.25, -0.2) is 0 Å². The fraction of sp³-hybridized carbons (Fsp3) is 0.300. The molecule has 2 radical (unpaired) electrons. The fourth-order valence-corrected chi connectivity index (χ4v) is 4.30. The molecule has 0 saturated heterocycles. The van der Waals surface area contributed by atoms with Gasteiger partial charge in [0.1, 0.15) is 0 Å². The minimum atomic E-state index is 0.533. The Morgan fingerprint density at radius 1 is 1.08 bits per heavy atom. The van der Waals surface area contributed by atoms with E-state index in [1.807, 2.05) is 24.3 Å². The Kier molecular flexibility index (Phi) is 4.51. The number of nitriles is 1. The molecule has 2 aromatic heterocycles. The van der Waals surface area contributed by atoms with E-state index in [4.69, 9.17) is 4.98 Å². The Morgan fingerprint density at radius 3 is 2.72 bits per heavy atom. The number of hydrogen-bond donors (Lipinski definition) is 0. The Bertz CT molecular complexity index is 971. The van der Waals surface area contributed by atoms with Crippen LogP contribution in [-0.4, -0.2) is 31.8 Å². The van der Waals surface area contributed by atoms with Crippen molar-refractivity contribution in [2.24, 2.45) is 0 Å². The molecule has 122 valence electrons. The molecule has 1 aliphatic carbocycles. The molecule has 25 heavy (non-hydrogen) atoms. The van der Waals surface area contributed by atoms with Gasteiger partial charge >= 0.3 is 156 Å². The summed E-state index contributed by atoms with van der Waals surface area (Å²) in [5, 5.41) is 10.3. The van der Waals surface area contributed by atoms with Crippen molar-refractivity contribution in [1.82, 2.24) is 15.0 Å². The summed E-state index contributed by atoms with van der Waals surface area (Å²) in [5.74, 6) is 0.533. The van der Waals surface area contributed by atoms with Crippen LogP contribution in [0.25, 0.3) is 22.3 Å². The first kappa shape index (κ1) is 16.2. The molecule has 0 N–H and O–H groups in total. The zero-order valence-corrected chi connectivity index (χ0v) is 15.7. The fourth-order valence-electron chi connectivity index (χ4n) is 3.71. The van der Waals surface area contributed by atoms with Crippen LogP contribution in [0.5, 0.6) is 0 Å². The van der Waals surface area contributed by atoms with E-state index in [0.29, 0.717) is 11.5 Å². The standard InChI is InChI=1S/C20H17AsN4/c21-19-18-16(14-6-2-1-3-7-14)10-17(25-20(18)24-12-23-19)15-8-4-5-13(9-15)11-22/h4-5,8-10,12,14H,1-3,6-7H2. The molecule has 4 nitrogen and oxygen atoms in total. The van der Waals surface area contributed by atoms with Gasteiger partial charge in [-0.15, -0.1) is 0 Å². The molecule has 1 aliphatic rings. The number of pyridine rings is 1. The predicted octanol–water partition coefficient (Wildman–Crippen LogP) is 3.40. The van der Waals surface area contributed by atoms with Crippen LogP contribution in [0.3, 0.4) is 0 Å². The summed E-state index contributed by atoms with van der Waals surface area (Å²) in [6.07, 6.45) is 7.85. The second-order valence-electron chi connectivity index (χ2n) is 6.52. The molecule has 0 bridgehead atoms. The van der Waals surface area contributed by atoms with E-state index in [1.165, 1.54) is 37.7 Å². The van der Waals surface area contributed by atoms with Gasteiger partial charge in [0.25, 0.3) is 0 Å². The van der Waals surface area contributed by atoms with Crippen LogP contribution in [0.1, 0.15) is 49.1 Å². The minimum absolute atomic E-state index is 0.533. The van der Waals surface area contributed by atoms with Crippen LogP contribution in [0.15, 0.2) is 36.7 Å². The number of fused-ring (bicyclic) bond motifs is 1. The molecule has 0 unspecified atom stereocenters. The van der Waals surface area contributed by atoms with Crippen molar-refractivity contribution in [3.63, 3.8) is 0 Å². The summed E-state index contributed by atoms with van der Waals surface area (Å²) < 4.78 is 0.933. The number of benzene rings is 1. The summed E-state index contributed by atoms with van der Waals surface area (Å²) in [5.41, 5.74) is 4.54. The average molecular weight is 388 g/mol. The maximum absolute atomic E-state index is 9.18. The SMILES string of the molecule is N#Cc1cccc(-c2cc(C3CCCCC3)c3c([As])ncnc3n2)c1. The van der Waals surface area contributed by atoms with Gasteiger partial charge in [0.15, 0.2) is 0 Å². The van der Waals surface area contributed by atoms with E-state index in [0.717, 1.165) is 26.8 Å². The third-order valence-electron chi connectivity index (χ3n) is 4.95. The van der Waals surface area contributed by atoms with Crippen LogP contribution in [0.2, 0.25) is 0 Å². The zero-order chi connectivity index (χ0) is 17.2. The van der Waals surface area contributed by atoms with Gasteiger partial charge in [-0.1, -0.05) is 0 Å². The van der Waals surface area contributed by atoms with Crippen LogP contribution in [0, 0.1) is 11.3 Å². The van der Waals surface area contributed by atoms with Crippen LogP contribution >= 0.6 is 0 Å². The quantitative estimate of drug-likeness (QED) is 0.632. The van der Waals surface area contributed by atoms with Gasteiger partial charge in [-0.05, 0) is 0 Å². The van der Waals surface area contributed by atoms with E-state index in [2.05, 4.69) is 39.0 Å². The molecule has 1 saturated carbocycles. The topological polar surface area (TPSA) is 62.5 Å². The molecular weight excluding hydrogens is 371 g/mol. The molecule has 0 amide bonds. The van der Waals surface area contributed by atoms with Crippen molar-refractivity contribution >= 4 is 32.4 Å². The molecule has 5 heteroatoms. The van der Waals surface area contributed by atoms with Crippen molar-refractivity contribution in [2.75, 3.05) is 0 Å². The molecule has 1 fully saturated rings. The van der Waals surface area contributed by atoms with Crippen molar-refractivity contribution in [3.05, 3.63) is 47.8 Å². The summed E-state index contributed by atoms with van der Waals surface area (Å²) in [7, 11) is 0. The van der Waals surface area contributed by atoms with Gasteiger partial charge in [0.2, 0.25) is 0 Å². The van der Waals surface area contributed by atoms with Crippen LogP contribution < -0.4 is 4.48 Å². The second-order valence-corrected chi connectivity index (χ2v) is 7.41. The number of hydrogen-bond acceptors (Lipinski definition) is 4. The summed E-state index contributed by atoms with van der Waals surface area (Å²) in [4.78, 5) is 13.6. The molecule has 2 heterocycles. The third-order valence-corrected chi connectivity index (χ3v) is 5.66. The van der Waals surface area contributed by atoms with Crippen LogP contribution in [-0.2, 0) is 0 Å². The van der Waals surface area contributed by atoms with Crippen molar-refractivity contribution < 1.29 is 0 Å². The van der Waals surface area contributed by atoms with Crippen molar-refractivity contribution in [2.45, 2.75) is 38.0 Å².